The molecule has 2 aromatic rings. The first-order valence-corrected chi connectivity index (χ1v) is 8.81. The lowest BCUT2D eigenvalue weighted by Crippen LogP contribution is -2.39. The van der Waals surface area contributed by atoms with E-state index >= 15 is 0 Å². The maximum absolute atomic E-state index is 12.3. The number of hydrogen-bond acceptors (Lipinski definition) is 4. The second kappa shape index (κ2) is 9.70. The molecule has 1 amide bonds. The van der Waals surface area contributed by atoms with Gasteiger partial charge in [0.15, 0.2) is 6.10 Å². The molecule has 0 saturated carbocycles. The van der Waals surface area contributed by atoms with Crippen molar-refractivity contribution >= 4 is 5.91 Å². The van der Waals surface area contributed by atoms with Crippen LogP contribution in [-0.4, -0.2) is 32.3 Å². The van der Waals surface area contributed by atoms with Gasteiger partial charge in [0.1, 0.15) is 23.9 Å². The fraction of sp³-hybridized carbons (Fsp3) is 0.381. The first kappa shape index (κ1) is 19.6. The molecule has 0 aliphatic heterocycles. The summed E-state index contributed by atoms with van der Waals surface area (Å²) in [6.07, 6.45) is 0.0179. The predicted octanol–water partition coefficient (Wildman–Crippen LogP) is 3.66. The molecule has 1 atom stereocenters. The molecule has 0 saturated heterocycles. The summed E-state index contributed by atoms with van der Waals surface area (Å²) in [5.41, 5.74) is 2.31. The standard InChI is InChI=1S/C21H27NO4/c1-5-20(26-18-8-6-7-17(14-18)24-4)21(23)22-9-10-25-19-12-15(2)11-16(3)13-19/h6-8,11-14,20H,5,9-10H2,1-4H3,(H,22,23)/t20-/m1/s1. The van der Waals surface area contributed by atoms with Crippen LogP contribution in [0.25, 0.3) is 0 Å². The average molecular weight is 357 g/mol. The molecule has 0 aliphatic rings. The Labute approximate surface area is 155 Å². The third-order valence-corrected chi connectivity index (χ3v) is 3.85. The molecule has 140 valence electrons. The molecule has 0 heterocycles. The highest BCUT2D eigenvalue weighted by molar-refractivity contribution is 5.81. The van der Waals surface area contributed by atoms with Crippen LogP contribution in [0.2, 0.25) is 0 Å². The zero-order chi connectivity index (χ0) is 18.9. The molecule has 26 heavy (non-hydrogen) atoms. The first-order valence-electron chi connectivity index (χ1n) is 8.81. The van der Waals surface area contributed by atoms with Crippen LogP contribution >= 0.6 is 0 Å². The third kappa shape index (κ3) is 5.99. The fourth-order valence-electron chi connectivity index (χ4n) is 2.63. The molecule has 0 aliphatic carbocycles. The smallest absolute Gasteiger partial charge is 0.261 e. The number of benzene rings is 2. The van der Waals surface area contributed by atoms with Crippen LogP contribution < -0.4 is 19.5 Å². The molecule has 5 heteroatoms. The van der Waals surface area contributed by atoms with E-state index in [1.54, 1.807) is 13.2 Å². The largest absolute Gasteiger partial charge is 0.497 e. The van der Waals surface area contributed by atoms with Crippen LogP contribution in [0.4, 0.5) is 0 Å². The minimum absolute atomic E-state index is 0.153. The van der Waals surface area contributed by atoms with E-state index in [1.807, 2.05) is 51.1 Å². The minimum atomic E-state index is -0.552. The van der Waals surface area contributed by atoms with E-state index in [4.69, 9.17) is 14.2 Å². The van der Waals surface area contributed by atoms with Crippen molar-refractivity contribution in [1.82, 2.24) is 5.32 Å². The minimum Gasteiger partial charge on any atom is -0.497 e. The lowest BCUT2D eigenvalue weighted by atomic mass is 10.1. The van der Waals surface area contributed by atoms with Crippen molar-refractivity contribution in [3.63, 3.8) is 0 Å². The van der Waals surface area contributed by atoms with Gasteiger partial charge in [-0.15, -0.1) is 0 Å². The molecule has 0 aromatic heterocycles. The molecule has 2 rings (SSSR count). The van der Waals surface area contributed by atoms with Gasteiger partial charge in [-0.25, -0.2) is 0 Å². The van der Waals surface area contributed by atoms with E-state index in [9.17, 15) is 4.79 Å². The van der Waals surface area contributed by atoms with E-state index < -0.39 is 6.10 Å². The Morgan fingerprint density at radius 3 is 2.38 bits per heavy atom. The van der Waals surface area contributed by atoms with Gasteiger partial charge in [-0.3, -0.25) is 4.79 Å². The highest BCUT2D eigenvalue weighted by atomic mass is 16.5. The van der Waals surface area contributed by atoms with E-state index in [2.05, 4.69) is 11.4 Å². The summed E-state index contributed by atoms with van der Waals surface area (Å²) < 4.78 is 16.7. The van der Waals surface area contributed by atoms with Gasteiger partial charge >= 0.3 is 0 Å². The molecular formula is C21H27NO4. The molecular weight excluding hydrogens is 330 g/mol. The fourth-order valence-corrected chi connectivity index (χ4v) is 2.63. The summed E-state index contributed by atoms with van der Waals surface area (Å²) >= 11 is 0. The number of methoxy groups -OCH3 is 1. The zero-order valence-corrected chi connectivity index (χ0v) is 15.9. The van der Waals surface area contributed by atoms with Gasteiger partial charge in [-0.1, -0.05) is 19.1 Å². The van der Waals surface area contributed by atoms with E-state index in [-0.39, 0.29) is 5.91 Å². The van der Waals surface area contributed by atoms with E-state index in [0.29, 0.717) is 31.1 Å². The van der Waals surface area contributed by atoms with Crippen LogP contribution in [0.5, 0.6) is 17.2 Å². The van der Waals surface area contributed by atoms with Crippen molar-refractivity contribution in [2.75, 3.05) is 20.3 Å². The van der Waals surface area contributed by atoms with Crippen LogP contribution in [0.15, 0.2) is 42.5 Å². The summed E-state index contributed by atoms with van der Waals surface area (Å²) in [6, 6.07) is 13.3. The Hall–Kier alpha value is -2.69. The molecule has 0 radical (unpaired) electrons. The van der Waals surface area contributed by atoms with Crippen molar-refractivity contribution in [3.8, 4) is 17.2 Å². The highest BCUT2D eigenvalue weighted by Crippen LogP contribution is 2.20. The number of carbonyl (C=O) groups excluding carboxylic acids is 1. The Kier molecular flexibility index (Phi) is 7.33. The number of hydrogen-bond donors (Lipinski definition) is 1. The Morgan fingerprint density at radius 1 is 1.04 bits per heavy atom. The number of ether oxygens (including phenoxy) is 3. The zero-order valence-electron chi connectivity index (χ0n) is 15.9. The second-order valence-corrected chi connectivity index (χ2v) is 6.16. The highest BCUT2D eigenvalue weighted by Gasteiger charge is 2.18. The van der Waals surface area contributed by atoms with E-state index in [0.717, 1.165) is 16.9 Å². The maximum atomic E-state index is 12.3. The summed E-state index contributed by atoms with van der Waals surface area (Å²) in [4.78, 5) is 12.3. The van der Waals surface area contributed by atoms with E-state index in [1.165, 1.54) is 0 Å². The van der Waals surface area contributed by atoms with Gasteiger partial charge in [0.05, 0.1) is 13.7 Å². The lowest BCUT2D eigenvalue weighted by molar-refractivity contribution is -0.128. The van der Waals surface area contributed by atoms with Crippen LogP contribution in [0.3, 0.4) is 0 Å². The Morgan fingerprint density at radius 2 is 1.73 bits per heavy atom. The van der Waals surface area contributed by atoms with Gasteiger partial charge in [-0.05, 0) is 55.7 Å². The number of amides is 1. The van der Waals surface area contributed by atoms with Gasteiger partial charge in [0.2, 0.25) is 0 Å². The molecule has 0 bridgehead atoms. The Bertz CT molecular complexity index is 709. The normalized spacial score (nSPS) is 11.5. The lowest BCUT2D eigenvalue weighted by Gasteiger charge is -2.18. The van der Waals surface area contributed by atoms with Crippen LogP contribution in [0, 0.1) is 13.8 Å². The monoisotopic (exact) mass is 357 g/mol. The maximum Gasteiger partial charge on any atom is 0.261 e. The topological polar surface area (TPSA) is 56.8 Å². The van der Waals surface area contributed by atoms with Crippen molar-refractivity contribution < 1.29 is 19.0 Å². The number of rotatable bonds is 9. The van der Waals surface area contributed by atoms with Gasteiger partial charge < -0.3 is 19.5 Å². The van der Waals surface area contributed by atoms with Gasteiger partial charge in [0, 0.05) is 6.07 Å². The summed E-state index contributed by atoms with van der Waals surface area (Å²) in [5, 5.41) is 2.86. The second-order valence-electron chi connectivity index (χ2n) is 6.16. The number of nitrogens with one attached hydrogen (secondary N) is 1. The average Bonchev–Trinajstić information content (AvgIpc) is 2.62. The molecule has 2 aromatic carbocycles. The van der Waals surface area contributed by atoms with Crippen LogP contribution in [0.1, 0.15) is 24.5 Å². The predicted molar refractivity (Wildman–Crippen MR) is 102 cm³/mol. The quantitative estimate of drug-likeness (QED) is 0.696. The van der Waals surface area contributed by atoms with Crippen molar-refractivity contribution in [2.45, 2.75) is 33.3 Å². The van der Waals surface area contributed by atoms with Crippen molar-refractivity contribution in [2.24, 2.45) is 0 Å². The van der Waals surface area contributed by atoms with Gasteiger partial charge in [-0.2, -0.15) is 0 Å². The molecule has 0 spiro atoms. The summed E-state index contributed by atoms with van der Waals surface area (Å²) in [6.45, 7) is 6.80. The van der Waals surface area contributed by atoms with Crippen molar-refractivity contribution in [3.05, 3.63) is 53.6 Å². The Balaban J connectivity index is 1.81. The molecule has 5 nitrogen and oxygen atoms in total. The van der Waals surface area contributed by atoms with Crippen LogP contribution in [-0.2, 0) is 4.79 Å². The summed E-state index contributed by atoms with van der Waals surface area (Å²) in [5.74, 6) is 1.97. The SMILES string of the molecule is CC[C@@H](Oc1cccc(OC)c1)C(=O)NCCOc1cc(C)cc(C)c1. The van der Waals surface area contributed by atoms with Gasteiger partial charge in [0.25, 0.3) is 5.91 Å². The summed E-state index contributed by atoms with van der Waals surface area (Å²) in [7, 11) is 1.60. The molecule has 0 fully saturated rings. The first-order chi connectivity index (χ1) is 12.5. The molecule has 1 N–H and O–H groups in total. The number of aryl methyl sites for hydroxylation is 2. The third-order valence-electron chi connectivity index (χ3n) is 3.85. The van der Waals surface area contributed by atoms with Crippen molar-refractivity contribution in [1.29, 1.82) is 0 Å². The number of carbonyl (C=O) groups is 1. The molecule has 0 unspecified atom stereocenters.